The van der Waals surface area contributed by atoms with Gasteiger partial charge in [-0.25, -0.2) is 4.68 Å². The van der Waals surface area contributed by atoms with Gasteiger partial charge in [0.05, 0.1) is 6.67 Å². The second kappa shape index (κ2) is 5.89. The molecular weight excluding hydrogens is 270 g/mol. The van der Waals surface area contributed by atoms with Gasteiger partial charge in [-0.05, 0) is 44.1 Å². The molecule has 0 amide bonds. The Kier molecular flexibility index (Phi) is 3.98. The maximum atomic E-state index is 5.62. The Morgan fingerprint density at radius 2 is 2.10 bits per heavy atom. The summed E-state index contributed by atoms with van der Waals surface area (Å²) in [4.78, 5) is 2.86. The monoisotopic (exact) mass is 289 g/mol. The molecule has 5 heteroatoms. The summed E-state index contributed by atoms with van der Waals surface area (Å²) in [5.74, 6) is 0.597. The standard InChI is InChI=1S/C15H19N3OS/c1-12-7-5-6-10-17(12)11-18-15(20)19-14(16-18)13-8-3-2-4-9-13/h2-4,8-9,12H,5-7,10-11H2,1H3/t12-/m0/s1. The predicted octanol–water partition coefficient (Wildman–Crippen LogP) is 3.70. The van der Waals surface area contributed by atoms with Crippen LogP contribution in [0, 0.1) is 4.84 Å². The third-order valence-corrected chi connectivity index (χ3v) is 4.18. The Bertz CT molecular complexity index is 620. The van der Waals surface area contributed by atoms with E-state index in [1.165, 1.54) is 19.3 Å². The molecule has 0 aliphatic carbocycles. The highest BCUT2D eigenvalue weighted by Crippen LogP contribution is 2.20. The topological polar surface area (TPSA) is 34.2 Å². The van der Waals surface area contributed by atoms with E-state index < -0.39 is 0 Å². The normalized spacial score (nSPS) is 20.1. The lowest BCUT2D eigenvalue weighted by atomic mass is 10.0. The van der Waals surface area contributed by atoms with Gasteiger partial charge in [0.25, 0.3) is 4.84 Å². The molecule has 1 fully saturated rings. The van der Waals surface area contributed by atoms with Crippen LogP contribution in [-0.2, 0) is 6.67 Å². The fourth-order valence-electron chi connectivity index (χ4n) is 2.63. The van der Waals surface area contributed by atoms with E-state index in [0.29, 0.717) is 16.8 Å². The molecule has 0 bridgehead atoms. The van der Waals surface area contributed by atoms with Crippen molar-refractivity contribution in [2.45, 2.75) is 38.9 Å². The molecule has 0 saturated carbocycles. The maximum Gasteiger partial charge on any atom is 0.288 e. The van der Waals surface area contributed by atoms with Gasteiger partial charge >= 0.3 is 0 Å². The van der Waals surface area contributed by atoms with Crippen LogP contribution in [0.3, 0.4) is 0 Å². The van der Waals surface area contributed by atoms with Crippen LogP contribution < -0.4 is 0 Å². The van der Waals surface area contributed by atoms with Crippen LogP contribution in [0.1, 0.15) is 26.2 Å². The third kappa shape index (κ3) is 2.83. The molecule has 1 aromatic carbocycles. The lowest BCUT2D eigenvalue weighted by molar-refractivity contribution is 0.113. The second-order valence-electron chi connectivity index (χ2n) is 5.34. The minimum atomic E-state index is 0.446. The Labute approximate surface area is 124 Å². The predicted molar refractivity (Wildman–Crippen MR) is 80.8 cm³/mol. The lowest BCUT2D eigenvalue weighted by Gasteiger charge is -2.32. The van der Waals surface area contributed by atoms with Crippen LogP contribution in [0.5, 0.6) is 0 Å². The van der Waals surface area contributed by atoms with E-state index in [-0.39, 0.29) is 0 Å². The Morgan fingerprint density at radius 1 is 1.30 bits per heavy atom. The molecule has 1 aliphatic heterocycles. The second-order valence-corrected chi connectivity index (χ2v) is 5.69. The molecule has 1 atom stereocenters. The fraction of sp³-hybridized carbons (Fsp3) is 0.467. The van der Waals surface area contributed by atoms with Gasteiger partial charge in [-0.3, -0.25) is 4.90 Å². The first kappa shape index (κ1) is 13.5. The molecule has 20 heavy (non-hydrogen) atoms. The number of aromatic nitrogens is 2. The van der Waals surface area contributed by atoms with Crippen molar-refractivity contribution in [1.82, 2.24) is 14.7 Å². The number of benzene rings is 1. The first-order valence-electron chi connectivity index (χ1n) is 7.11. The molecule has 1 saturated heterocycles. The van der Waals surface area contributed by atoms with Gasteiger partial charge in [0.15, 0.2) is 0 Å². The van der Waals surface area contributed by atoms with Gasteiger partial charge in [0.2, 0.25) is 5.89 Å². The zero-order valence-electron chi connectivity index (χ0n) is 11.7. The molecule has 3 rings (SSSR count). The number of hydrogen-bond acceptors (Lipinski definition) is 4. The van der Waals surface area contributed by atoms with Crippen LogP contribution >= 0.6 is 12.2 Å². The highest BCUT2D eigenvalue weighted by molar-refractivity contribution is 7.71. The van der Waals surface area contributed by atoms with Gasteiger partial charge in [-0.15, -0.1) is 5.10 Å². The number of likely N-dealkylation sites (tertiary alicyclic amines) is 1. The summed E-state index contributed by atoms with van der Waals surface area (Å²) in [6.07, 6.45) is 3.81. The SMILES string of the molecule is C[C@H]1CCCCN1Cn1nc(-c2ccccc2)oc1=S. The molecular formula is C15H19N3OS. The fourth-order valence-corrected chi connectivity index (χ4v) is 2.81. The Morgan fingerprint density at radius 3 is 2.85 bits per heavy atom. The summed E-state index contributed by atoms with van der Waals surface area (Å²) >= 11 is 5.29. The van der Waals surface area contributed by atoms with Gasteiger partial charge in [-0.2, -0.15) is 0 Å². The number of piperidine rings is 1. The molecule has 0 spiro atoms. The molecule has 1 aliphatic rings. The van der Waals surface area contributed by atoms with E-state index in [1.807, 2.05) is 30.3 Å². The minimum absolute atomic E-state index is 0.446. The average molecular weight is 289 g/mol. The smallest absolute Gasteiger partial charge is 0.288 e. The molecule has 0 N–H and O–H groups in total. The van der Waals surface area contributed by atoms with Crippen molar-refractivity contribution in [3.05, 3.63) is 35.2 Å². The van der Waals surface area contributed by atoms with Crippen molar-refractivity contribution in [2.75, 3.05) is 6.54 Å². The summed E-state index contributed by atoms with van der Waals surface area (Å²) in [5, 5.41) is 4.51. The highest BCUT2D eigenvalue weighted by atomic mass is 32.1. The van der Waals surface area contributed by atoms with E-state index in [0.717, 1.165) is 18.8 Å². The zero-order valence-corrected chi connectivity index (χ0v) is 12.5. The third-order valence-electron chi connectivity index (χ3n) is 3.88. The first-order valence-corrected chi connectivity index (χ1v) is 7.52. The van der Waals surface area contributed by atoms with Gasteiger partial charge in [0.1, 0.15) is 0 Å². The maximum absolute atomic E-state index is 5.62. The summed E-state index contributed by atoms with van der Waals surface area (Å²) in [7, 11) is 0. The zero-order chi connectivity index (χ0) is 13.9. The van der Waals surface area contributed by atoms with E-state index in [1.54, 1.807) is 4.68 Å². The van der Waals surface area contributed by atoms with E-state index in [9.17, 15) is 0 Å². The van der Waals surface area contributed by atoms with Crippen LogP contribution in [0.15, 0.2) is 34.7 Å². The molecule has 1 aromatic heterocycles. The number of rotatable bonds is 3. The first-order chi connectivity index (χ1) is 9.74. The minimum Gasteiger partial charge on any atom is -0.409 e. The molecule has 2 aromatic rings. The van der Waals surface area contributed by atoms with E-state index in [2.05, 4.69) is 16.9 Å². The molecule has 0 radical (unpaired) electrons. The van der Waals surface area contributed by atoms with Gasteiger partial charge in [-0.1, -0.05) is 24.6 Å². The van der Waals surface area contributed by atoms with Crippen molar-refractivity contribution in [1.29, 1.82) is 0 Å². The van der Waals surface area contributed by atoms with Crippen LogP contribution in [0.25, 0.3) is 11.5 Å². The van der Waals surface area contributed by atoms with Crippen molar-refractivity contribution >= 4 is 12.2 Å². The summed E-state index contributed by atoms with van der Waals surface area (Å²) < 4.78 is 7.41. The van der Waals surface area contributed by atoms with Gasteiger partial charge < -0.3 is 4.42 Å². The van der Waals surface area contributed by atoms with Crippen molar-refractivity contribution in [2.24, 2.45) is 0 Å². The van der Waals surface area contributed by atoms with Crippen LogP contribution in [-0.4, -0.2) is 27.3 Å². The summed E-state index contributed by atoms with van der Waals surface area (Å²) in [6.45, 7) is 4.09. The van der Waals surface area contributed by atoms with Crippen molar-refractivity contribution in [3.63, 3.8) is 0 Å². The largest absolute Gasteiger partial charge is 0.409 e. The molecule has 4 nitrogen and oxygen atoms in total. The van der Waals surface area contributed by atoms with Crippen LogP contribution in [0.2, 0.25) is 0 Å². The summed E-state index contributed by atoms with van der Waals surface area (Å²) in [6, 6.07) is 10.5. The van der Waals surface area contributed by atoms with E-state index >= 15 is 0 Å². The number of hydrogen-bond donors (Lipinski definition) is 0. The van der Waals surface area contributed by atoms with Crippen molar-refractivity contribution in [3.8, 4) is 11.5 Å². The Balaban J connectivity index is 1.81. The van der Waals surface area contributed by atoms with Crippen molar-refractivity contribution < 1.29 is 4.42 Å². The molecule has 106 valence electrons. The van der Waals surface area contributed by atoms with E-state index in [4.69, 9.17) is 16.6 Å². The molecule has 0 unspecified atom stereocenters. The number of nitrogens with zero attached hydrogens (tertiary/aromatic N) is 3. The Hall–Kier alpha value is -1.46. The molecule has 2 heterocycles. The lowest BCUT2D eigenvalue weighted by Crippen LogP contribution is -2.38. The van der Waals surface area contributed by atoms with Gasteiger partial charge in [0, 0.05) is 18.2 Å². The summed E-state index contributed by atoms with van der Waals surface area (Å²) in [5.41, 5.74) is 0.962. The average Bonchev–Trinajstić information content (AvgIpc) is 2.84. The van der Waals surface area contributed by atoms with Crippen LogP contribution in [0.4, 0.5) is 0 Å². The highest BCUT2D eigenvalue weighted by Gasteiger charge is 2.19. The quantitative estimate of drug-likeness (QED) is 0.807.